The molecule has 0 fully saturated rings. The van der Waals surface area contributed by atoms with E-state index in [1.165, 1.54) is 70.9 Å². The molecule has 2 nitrogen and oxygen atoms in total. The Balaban J connectivity index is 1.18. The molecule has 0 N–H and O–H groups in total. The summed E-state index contributed by atoms with van der Waals surface area (Å²) in [5, 5.41) is 2.64. The molecular formula is C40H32N2S. The van der Waals surface area contributed by atoms with Crippen molar-refractivity contribution < 1.29 is 0 Å². The second-order valence-corrected chi connectivity index (χ2v) is 13.9. The lowest BCUT2D eigenvalue weighted by Gasteiger charge is -2.45. The van der Waals surface area contributed by atoms with Crippen LogP contribution in [0.5, 0.6) is 0 Å². The standard InChI is InChI=1S/C40H32N2S/c1-39(2)30-14-6-9-17-34(30)41-35-18-10-11-19-36(35)43-37-25-27(24-31(39)38(37)41)26-20-22-40(3,23-21-26)42-32-15-7-4-12-28(32)29-13-5-8-16-33(29)42/h4-22,24-25H,23H2,1-3H3. The zero-order valence-electron chi connectivity index (χ0n) is 24.6. The van der Waals surface area contributed by atoms with E-state index in [4.69, 9.17) is 0 Å². The predicted molar refractivity (Wildman–Crippen MR) is 182 cm³/mol. The first-order valence-corrected chi connectivity index (χ1v) is 16.0. The van der Waals surface area contributed by atoms with Gasteiger partial charge in [0, 0.05) is 37.0 Å². The van der Waals surface area contributed by atoms with Gasteiger partial charge in [-0.2, -0.15) is 0 Å². The van der Waals surface area contributed by atoms with Gasteiger partial charge in [-0.25, -0.2) is 0 Å². The van der Waals surface area contributed by atoms with Gasteiger partial charge in [-0.05, 0) is 78.1 Å². The van der Waals surface area contributed by atoms with Crippen molar-refractivity contribution in [2.75, 3.05) is 4.90 Å². The Morgan fingerprint density at radius 1 is 0.651 bits per heavy atom. The van der Waals surface area contributed by atoms with Gasteiger partial charge in [0.2, 0.25) is 0 Å². The smallest absolute Gasteiger partial charge is 0.0643 e. The maximum Gasteiger partial charge on any atom is 0.0643 e. The molecule has 208 valence electrons. The second kappa shape index (κ2) is 8.78. The Labute approximate surface area is 257 Å². The monoisotopic (exact) mass is 572 g/mol. The summed E-state index contributed by atoms with van der Waals surface area (Å²) >= 11 is 1.91. The largest absolute Gasteiger partial charge is 0.331 e. The third-order valence-corrected chi connectivity index (χ3v) is 11.0. The molecule has 1 atom stereocenters. The molecule has 1 aromatic heterocycles. The molecule has 9 rings (SSSR count). The lowest BCUT2D eigenvalue weighted by atomic mass is 9.72. The highest BCUT2D eigenvalue weighted by atomic mass is 32.2. The average Bonchev–Trinajstić information content (AvgIpc) is 3.38. The van der Waals surface area contributed by atoms with E-state index in [9.17, 15) is 0 Å². The summed E-state index contributed by atoms with van der Waals surface area (Å²) in [5.41, 5.74) is 11.6. The van der Waals surface area contributed by atoms with Crippen LogP contribution in [0.1, 0.15) is 43.9 Å². The summed E-state index contributed by atoms with van der Waals surface area (Å²) in [6, 6.07) is 40.3. The summed E-state index contributed by atoms with van der Waals surface area (Å²) < 4.78 is 2.54. The van der Waals surface area contributed by atoms with Crippen molar-refractivity contribution in [1.82, 2.24) is 4.57 Å². The zero-order valence-corrected chi connectivity index (χ0v) is 25.5. The van der Waals surface area contributed by atoms with Crippen LogP contribution in [-0.4, -0.2) is 4.57 Å². The van der Waals surface area contributed by atoms with Gasteiger partial charge in [0.05, 0.1) is 22.6 Å². The van der Waals surface area contributed by atoms with Gasteiger partial charge in [-0.15, -0.1) is 0 Å². The minimum atomic E-state index is -0.155. The topological polar surface area (TPSA) is 8.17 Å². The Bertz CT molecular complexity index is 2140. The van der Waals surface area contributed by atoms with E-state index in [0.29, 0.717) is 0 Å². The molecule has 3 heteroatoms. The van der Waals surface area contributed by atoms with Crippen molar-refractivity contribution in [3.05, 3.63) is 144 Å². The lowest BCUT2D eigenvalue weighted by molar-refractivity contribution is 0.438. The highest BCUT2D eigenvalue weighted by Crippen LogP contribution is 2.60. The molecule has 43 heavy (non-hydrogen) atoms. The maximum atomic E-state index is 2.54. The van der Waals surface area contributed by atoms with E-state index in [-0.39, 0.29) is 11.0 Å². The lowest BCUT2D eigenvalue weighted by Crippen LogP contribution is -2.32. The molecule has 0 saturated carbocycles. The average molecular weight is 573 g/mol. The number of hydrogen-bond donors (Lipinski definition) is 0. The van der Waals surface area contributed by atoms with Crippen LogP contribution in [-0.2, 0) is 11.0 Å². The van der Waals surface area contributed by atoms with Gasteiger partial charge in [-0.1, -0.05) is 111 Å². The highest BCUT2D eigenvalue weighted by Gasteiger charge is 2.41. The minimum Gasteiger partial charge on any atom is -0.331 e. The molecule has 3 heterocycles. The van der Waals surface area contributed by atoms with Crippen LogP contribution in [0, 0.1) is 0 Å². The molecule has 5 aromatic carbocycles. The number of allylic oxidation sites excluding steroid dienone is 4. The molecule has 0 amide bonds. The third kappa shape index (κ3) is 3.43. The van der Waals surface area contributed by atoms with Crippen molar-refractivity contribution in [3.63, 3.8) is 0 Å². The van der Waals surface area contributed by atoms with Crippen molar-refractivity contribution in [2.45, 2.75) is 47.9 Å². The summed E-state index contributed by atoms with van der Waals surface area (Å²) in [6.07, 6.45) is 8.19. The van der Waals surface area contributed by atoms with Gasteiger partial charge >= 0.3 is 0 Å². The minimum absolute atomic E-state index is 0.115. The summed E-state index contributed by atoms with van der Waals surface area (Å²) in [4.78, 5) is 5.14. The first-order chi connectivity index (χ1) is 20.9. The fourth-order valence-corrected chi connectivity index (χ4v) is 8.82. The fraction of sp³-hybridized carbons (Fsp3) is 0.150. The van der Waals surface area contributed by atoms with Crippen LogP contribution in [0.4, 0.5) is 17.1 Å². The first-order valence-electron chi connectivity index (χ1n) is 15.2. The molecule has 0 saturated heterocycles. The van der Waals surface area contributed by atoms with Gasteiger partial charge in [0.25, 0.3) is 0 Å². The van der Waals surface area contributed by atoms with E-state index in [0.717, 1.165) is 6.42 Å². The number of para-hydroxylation sites is 4. The molecule has 2 aliphatic heterocycles. The summed E-state index contributed by atoms with van der Waals surface area (Å²) in [5.74, 6) is 0. The number of aromatic nitrogens is 1. The molecule has 0 radical (unpaired) electrons. The number of fused-ring (bicyclic) bond motifs is 7. The second-order valence-electron chi connectivity index (χ2n) is 12.8. The summed E-state index contributed by atoms with van der Waals surface area (Å²) in [7, 11) is 0. The van der Waals surface area contributed by atoms with E-state index >= 15 is 0 Å². The number of anilines is 3. The van der Waals surface area contributed by atoms with Crippen molar-refractivity contribution >= 4 is 56.2 Å². The van der Waals surface area contributed by atoms with Crippen LogP contribution >= 0.6 is 11.8 Å². The van der Waals surface area contributed by atoms with Gasteiger partial charge < -0.3 is 9.47 Å². The molecule has 6 aromatic rings. The molecule has 0 bridgehead atoms. The zero-order chi connectivity index (χ0) is 28.9. The van der Waals surface area contributed by atoms with Crippen molar-refractivity contribution in [1.29, 1.82) is 0 Å². The molecule has 3 aliphatic rings. The number of benzene rings is 5. The maximum absolute atomic E-state index is 2.54. The Morgan fingerprint density at radius 3 is 2.02 bits per heavy atom. The number of hydrogen-bond acceptors (Lipinski definition) is 2. The Kier molecular flexibility index (Phi) is 5.12. The normalized spacial score (nSPS) is 19.6. The highest BCUT2D eigenvalue weighted by molar-refractivity contribution is 7.99. The quantitative estimate of drug-likeness (QED) is 0.204. The van der Waals surface area contributed by atoms with Crippen LogP contribution in [0.3, 0.4) is 0 Å². The van der Waals surface area contributed by atoms with E-state index in [1.807, 2.05) is 11.8 Å². The molecule has 0 spiro atoms. The van der Waals surface area contributed by atoms with Crippen molar-refractivity contribution in [2.24, 2.45) is 0 Å². The molecular weight excluding hydrogens is 541 g/mol. The predicted octanol–water partition coefficient (Wildman–Crippen LogP) is 11.1. The SMILES string of the molecule is CC1(C)c2ccccc2N2c3ccccc3Sc3cc(C4=CCC(C)(n5c6ccccc6c6ccccc65)C=C4)cc1c32. The summed E-state index contributed by atoms with van der Waals surface area (Å²) in [6.45, 7) is 7.15. The first kappa shape index (κ1) is 25.1. The van der Waals surface area contributed by atoms with Gasteiger partial charge in [0.15, 0.2) is 0 Å². The molecule has 1 aliphatic carbocycles. The van der Waals surface area contributed by atoms with Crippen LogP contribution in [0.25, 0.3) is 27.4 Å². The fourth-order valence-electron chi connectivity index (χ4n) is 7.69. The third-order valence-electron chi connectivity index (χ3n) is 9.90. The van der Waals surface area contributed by atoms with E-state index in [1.54, 1.807) is 0 Å². The Morgan fingerprint density at radius 2 is 1.30 bits per heavy atom. The molecule has 1 unspecified atom stereocenters. The van der Waals surface area contributed by atoms with Crippen LogP contribution in [0.15, 0.2) is 137 Å². The van der Waals surface area contributed by atoms with E-state index in [2.05, 4.69) is 158 Å². The number of rotatable bonds is 2. The van der Waals surface area contributed by atoms with Gasteiger partial charge in [-0.3, -0.25) is 0 Å². The number of nitrogens with zero attached hydrogens (tertiary/aromatic N) is 2. The van der Waals surface area contributed by atoms with Crippen LogP contribution < -0.4 is 4.90 Å². The Hall–Kier alpha value is -4.47. The van der Waals surface area contributed by atoms with E-state index < -0.39 is 0 Å². The van der Waals surface area contributed by atoms with Crippen LogP contribution in [0.2, 0.25) is 0 Å². The van der Waals surface area contributed by atoms with Gasteiger partial charge in [0.1, 0.15) is 0 Å². The van der Waals surface area contributed by atoms with Crippen molar-refractivity contribution in [3.8, 4) is 0 Å².